The molecule has 0 bridgehead atoms. The minimum absolute atomic E-state index is 0.1000. The van der Waals surface area contributed by atoms with Gasteiger partial charge < -0.3 is 5.32 Å². The van der Waals surface area contributed by atoms with Crippen molar-refractivity contribution in [2.45, 2.75) is 33.1 Å². The molecule has 0 unspecified atom stereocenters. The number of hydrogen-bond acceptors (Lipinski definition) is 5. The molecule has 25 heavy (non-hydrogen) atoms. The zero-order chi connectivity index (χ0) is 18.0. The molecule has 0 aliphatic rings. The van der Waals surface area contributed by atoms with Crippen LogP contribution in [0.25, 0.3) is 11.3 Å². The summed E-state index contributed by atoms with van der Waals surface area (Å²) in [6, 6.07) is 7.53. The molecule has 0 radical (unpaired) electrons. The van der Waals surface area contributed by atoms with E-state index in [0.717, 1.165) is 26.8 Å². The van der Waals surface area contributed by atoms with Gasteiger partial charge in [0.1, 0.15) is 0 Å². The molecule has 2 heterocycles. The molecule has 3 aromatic rings. The van der Waals surface area contributed by atoms with Crippen molar-refractivity contribution in [2.24, 2.45) is 0 Å². The molecule has 7 heteroatoms. The Morgan fingerprint density at radius 1 is 1.24 bits per heavy atom. The number of carbonyl (C=O) groups is 1. The monoisotopic (exact) mass is 391 g/mol. The predicted octanol–water partition coefficient (Wildman–Crippen LogP) is 5.53. The highest BCUT2D eigenvalue weighted by molar-refractivity contribution is 7.16. The van der Waals surface area contributed by atoms with E-state index in [4.69, 9.17) is 11.6 Å². The topological polar surface area (TPSA) is 54.9 Å². The fourth-order valence-corrected chi connectivity index (χ4v) is 4.14. The molecule has 0 spiro atoms. The van der Waals surface area contributed by atoms with Gasteiger partial charge in [-0.3, -0.25) is 4.79 Å². The first-order valence-corrected chi connectivity index (χ1v) is 9.97. The van der Waals surface area contributed by atoms with Gasteiger partial charge in [0.15, 0.2) is 5.13 Å². The number of thiazole rings is 2. The number of amides is 1. The van der Waals surface area contributed by atoms with Gasteiger partial charge in [-0.25, -0.2) is 9.97 Å². The lowest BCUT2D eigenvalue weighted by Gasteiger charge is -2.00. The lowest BCUT2D eigenvalue weighted by molar-refractivity contribution is -0.115. The van der Waals surface area contributed by atoms with Crippen LogP contribution in [-0.2, 0) is 11.2 Å². The van der Waals surface area contributed by atoms with Crippen molar-refractivity contribution >= 4 is 45.3 Å². The molecule has 2 aromatic heterocycles. The molecule has 4 nitrogen and oxygen atoms in total. The summed E-state index contributed by atoms with van der Waals surface area (Å²) >= 11 is 9.00. The summed E-state index contributed by atoms with van der Waals surface area (Å²) in [6.07, 6.45) is 0.262. The smallest absolute Gasteiger partial charge is 0.232 e. The van der Waals surface area contributed by atoms with Crippen molar-refractivity contribution in [3.63, 3.8) is 0 Å². The van der Waals surface area contributed by atoms with E-state index >= 15 is 0 Å². The van der Waals surface area contributed by atoms with E-state index in [-0.39, 0.29) is 12.3 Å². The molecular weight excluding hydrogens is 374 g/mol. The number of nitrogens with one attached hydrogen (secondary N) is 1. The van der Waals surface area contributed by atoms with Crippen LogP contribution in [-0.4, -0.2) is 15.9 Å². The number of carbonyl (C=O) groups excluding carboxylic acids is 1. The van der Waals surface area contributed by atoms with Gasteiger partial charge in [0, 0.05) is 26.8 Å². The summed E-state index contributed by atoms with van der Waals surface area (Å²) in [6.45, 7) is 6.19. The predicted molar refractivity (Wildman–Crippen MR) is 106 cm³/mol. The molecule has 1 aromatic carbocycles. The molecule has 0 aliphatic carbocycles. The van der Waals surface area contributed by atoms with Crippen molar-refractivity contribution in [2.75, 3.05) is 5.32 Å². The zero-order valence-electron chi connectivity index (χ0n) is 14.2. The van der Waals surface area contributed by atoms with Crippen LogP contribution in [0.3, 0.4) is 0 Å². The van der Waals surface area contributed by atoms with E-state index in [1.54, 1.807) is 11.3 Å². The first kappa shape index (κ1) is 18.0. The van der Waals surface area contributed by atoms with Crippen LogP contribution < -0.4 is 5.32 Å². The van der Waals surface area contributed by atoms with Gasteiger partial charge >= 0.3 is 0 Å². The maximum Gasteiger partial charge on any atom is 0.232 e. The third-order valence-electron chi connectivity index (χ3n) is 3.57. The highest BCUT2D eigenvalue weighted by atomic mass is 35.5. The molecule has 0 atom stereocenters. The van der Waals surface area contributed by atoms with E-state index in [9.17, 15) is 4.79 Å². The molecule has 1 N–H and O–H groups in total. The number of hydrogen-bond donors (Lipinski definition) is 1. The van der Waals surface area contributed by atoms with Crippen LogP contribution in [0.1, 0.15) is 35.3 Å². The van der Waals surface area contributed by atoms with Crippen molar-refractivity contribution in [1.29, 1.82) is 0 Å². The molecule has 0 aliphatic heterocycles. The minimum atomic E-state index is -0.1000. The average molecular weight is 392 g/mol. The maximum absolute atomic E-state index is 12.3. The third kappa shape index (κ3) is 4.45. The number of aryl methyl sites for hydroxylation is 1. The van der Waals surface area contributed by atoms with Crippen LogP contribution in [0.15, 0.2) is 29.6 Å². The Morgan fingerprint density at radius 2 is 1.96 bits per heavy atom. The second-order valence-corrected chi connectivity index (χ2v) is 8.52. The van der Waals surface area contributed by atoms with Crippen molar-refractivity contribution in [3.05, 3.63) is 50.2 Å². The molecule has 0 fully saturated rings. The summed E-state index contributed by atoms with van der Waals surface area (Å²) < 4.78 is 0. The third-order valence-corrected chi connectivity index (χ3v) is 5.90. The number of halogens is 1. The summed E-state index contributed by atoms with van der Waals surface area (Å²) in [5.41, 5.74) is 2.66. The standard InChI is InChI=1S/C18H18ClN3OS2/c1-10(2)17-20-14(9-24-17)8-15(23)21-18-22-16(11(3)25-18)12-4-6-13(19)7-5-12/h4-7,9-10H,8H2,1-3H3,(H,21,22,23). The summed E-state index contributed by atoms with van der Waals surface area (Å²) in [5, 5.41) is 7.17. The van der Waals surface area contributed by atoms with Gasteiger partial charge in [0.2, 0.25) is 5.91 Å². The number of aromatic nitrogens is 2. The van der Waals surface area contributed by atoms with Gasteiger partial charge in [0.25, 0.3) is 0 Å². The number of rotatable bonds is 5. The number of nitrogens with zero attached hydrogens (tertiary/aromatic N) is 2. The molecule has 130 valence electrons. The quantitative estimate of drug-likeness (QED) is 0.621. The first-order valence-electron chi connectivity index (χ1n) is 7.90. The van der Waals surface area contributed by atoms with Crippen LogP contribution in [0, 0.1) is 6.92 Å². The van der Waals surface area contributed by atoms with E-state index in [1.807, 2.05) is 36.6 Å². The molecular formula is C18H18ClN3OS2. The number of benzene rings is 1. The molecule has 0 saturated carbocycles. The van der Waals surface area contributed by atoms with Crippen LogP contribution in [0.5, 0.6) is 0 Å². The summed E-state index contributed by atoms with van der Waals surface area (Å²) in [4.78, 5) is 22.4. The second-order valence-electron chi connectivity index (χ2n) is 5.99. The lowest BCUT2D eigenvalue weighted by Crippen LogP contribution is -2.14. The maximum atomic E-state index is 12.3. The molecule has 3 rings (SSSR count). The number of anilines is 1. The van der Waals surface area contributed by atoms with Crippen LogP contribution in [0.4, 0.5) is 5.13 Å². The van der Waals surface area contributed by atoms with Crippen molar-refractivity contribution in [3.8, 4) is 11.3 Å². The second kappa shape index (κ2) is 7.64. The van der Waals surface area contributed by atoms with Gasteiger partial charge in [-0.1, -0.05) is 37.6 Å². The Kier molecular flexibility index (Phi) is 5.51. The Bertz CT molecular complexity index is 884. The SMILES string of the molecule is Cc1sc(NC(=O)Cc2csc(C(C)C)n2)nc1-c1ccc(Cl)cc1. The van der Waals surface area contributed by atoms with E-state index in [1.165, 1.54) is 11.3 Å². The largest absolute Gasteiger partial charge is 0.302 e. The van der Waals surface area contributed by atoms with E-state index in [0.29, 0.717) is 16.1 Å². The lowest BCUT2D eigenvalue weighted by atomic mass is 10.1. The van der Waals surface area contributed by atoms with Crippen molar-refractivity contribution < 1.29 is 4.79 Å². The molecule has 0 saturated heterocycles. The Labute approximate surface area is 159 Å². The Hall–Kier alpha value is -1.76. The van der Waals surface area contributed by atoms with Gasteiger partial charge in [0.05, 0.1) is 22.8 Å². The fraction of sp³-hybridized carbons (Fsp3) is 0.278. The highest BCUT2D eigenvalue weighted by Gasteiger charge is 2.14. The fourth-order valence-electron chi connectivity index (χ4n) is 2.32. The Morgan fingerprint density at radius 3 is 2.60 bits per heavy atom. The van der Waals surface area contributed by atoms with Crippen molar-refractivity contribution in [1.82, 2.24) is 9.97 Å². The normalized spacial score (nSPS) is 11.1. The highest BCUT2D eigenvalue weighted by Crippen LogP contribution is 2.31. The van der Waals surface area contributed by atoms with Gasteiger partial charge in [-0.05, 0) is 19.1 Å². The van der Waals surface area contributed by atoms with Gasteiger partial charge in [-0.15, -0.1) is 22.7 Å². The van der Waals surface area contributed by atoms with E-state index in [2.05, 4.69) is 29.1 Å². The zero-order valence-corrected chi connectivity index (χ0v) is 16.6. The van der Waals surface area contributed by atoms with Crippen LogP contribution >= 0.6 is 34.3 Å². The van der Waals surface area contributed by atoms with Crippen LogP contribution in [0.2, 0.25) is 5.02 Å². The Balaban J connectivity index is 1.69. The van der Waals surface area contributed by atoms with E-state index < -0.39 is 0 Å². The minimum Gasteiger partial charge on any atom is -0.302 e. The molecule has 1 amide bonds. The first-order chi connectivity index (χ1) is 11.9. The van der Waals surface area contributed by atoms with Gasteiger partial charge in [-0.2, -0.15) is 0 Å². The summed E-state index contributed by atoms with van der Waals surface area (Å²) in [7, 11) is 0. The summed E-state index contributed by atoms with van der Waals surface area (Å²) in [5.74, 6) is 0.280. The average Bonchev–Trinajstić information content (AvgIpc) is 3.15.